The Morgan fingerprint density at radius 3 is 2.55 bits per heavy atom. The molecule has 108 valence electrons. The maximum atomic E-state index is 14.0. The molecule has 0 spiro atoms. The monoisotopic (exact) mass is 343 g/mol. The van der Waals surface area contributed by atoms with Gasteiger partial charge in [-0.1, -0.05) is 0 Å². The van der Waals surface area contributed by atoms with Gasteiger partial charge in [0.25, 0.3) is 0 Å². The zero-order chi connectivity index (χ0) is 15.0. The summed E-state index contributed by atoms with van der Waals surface area (Å²) in [5.41, 5.74) is 8.42. The third kappa shape index (κ3) is 2.62. The van der Waals surface area contributed by atoms with E-state index in [9.17, 15) is 8.78 Å². The summed E-state index contributed by atoms with van der Waals surface area (Å²) in [5, 5.41) is 4.33. The van der Waals surface area contributed by atoms with Gasteiger partial charge in [-0.25, -0.2) is 8.78 Å². The number of rotatable bonds is 3. The van der Waals surface area contributed by atoms with E-state index in [0.29, 0.717) is 0 Å². The van der Waals surface area contributed by atoms with E-state index < -0.39 is 11.6 Å². The predicted octanol–water partition coefficient (Wildman–Crippen LogP) is 3.61. The minimum atomic E-state index is -0.597. The largest absolute Gasteiger partial charge is 0.324 e. The Bertz CT molecular complexity index is 650. The Morgan fingerprint density at radius 2 is 2.00 bits per heavy atom. The molecule has 0 amide bonds. The van der Waals surface area contributed by atoms with Crippen molar-refractivity contribution in [2.45, 2.75) is 33.4 Å². The highest BCUT2D eigenvalue weighted by Gasteiger charge is 2.18. The van der Waals surface area contributed by atoms with Crippen LogP contribution in [0.3, 0.4) is 0 Å². The van der Waals surface area contributed by atoms with Crippen molar-refractivity contribution in [3.05, 3.63) is 50.8 Å². The van der Waals surface area contributed by atoms with Crippen molar-refractivity contribution in [2.24, 2.45) is 5.73 Å². The standard InChI is InChI=1S/C14H16BrF2N3/c1-7(18)13-8(2)19-20(9(13)3)6-10-12(16)5-4-11(15)14(10)17/h4-5,7H,6,18H2,1-3H3. The van der Waals surface area contributed by atoms with E-state index in [1.54, 1.807) is 4.68 Å². The molecule has 2 rings (SSSR count). The third-order valence-corrected chi connectivity index (χ3v) is 3.95. The fourth-order valence-electron chi connectivity index (χ4n) is 2.39. The van der Waals surface area contributed by atoms with Crippen LogP contribution in [0.4, 0.5) is 8.78 Å². The van der Waals surface area contributed by atoms with Crippen molar-refractivity contribution in [2.75, 3.05) is 0 Å². The molecule has 3 nitrogen and oxygen atoms in total. The van der Waals surface area contributed by atoms with Crippen molar-refractivity contribution < 1.29 is 8.78 Å². The molecule has 20 heavy (non-hydrogen) atoms. The van der Waals surface area contributed by atoms with Gasteiger partial charge in [-0.05, 0) is 48.8 Å². The zero-order valence-electron chi connectivity index (χ0n) is 11.5. The van der Waals surface area contributed by atoms with Crippen LogP contribution in [0.2, 0.25) is 0 Å². The molecular weight excluding hydrogens is 328 g/mol. The van der Waals surface area contributed by atoms with Gasteiger partial charge in [0.2, 0.25) is 0 Å². The van der Waals surface area contributed by atoms with E-state index in [1.165, 1.54) is 12.1 Å². The number of hydrogen-bond acceptors (Lipinski definition) is 2. The van der Waals surface area contributed by atoms with Gasteiger partial charge in [0.1, 0.15) is 11.6 Å². The summed E-state index contributed by atoms with van der Waals surface area (Å²) in [6.45, 7) is 5.60. The molecule has 1 aromatic heterocycles. The van der Waals surface area contributed by atoms with Crippen LogP contribution >= 0.6 is 15.9 Å². The van der Waals surface area contributed by atoms with Crippen LogP contribution in [0, 0.1) is 25.5 Å². The first kappa shape index (κ1) is 15.1. The number of halogens is 3. The molecule has 2 aromatic rings. The summed E-state index contributed by atoms with van der Waals surface area (Å²) in [4.78, 5) is 0. The molecule has 0 bridgehead atoms. The van der Waals surface area contributed by atoms with Crippen LogP contribution in [0.25, 0.3) is 0 Å². The van der Waals surface area contributed by atoms with Crippen molar-refractivity contribution in [1.29, 1.82) is 0 Å². The van der Waals surface area contributed by atoms with Crippen LogP contribution in [0.5, 0.6) is 0 Å². The molecule has 0 saturated carbocycles. The quantitative estimate of drug-likeness (QED) is 0.865. The normalized spacial score (nSPS) is 12.8. The summed E-state index contributed by atoms with van der Waals surface area (Å²) >= 11 is 3.06. The highest BCUT2D eigenvalue weighted by molar-refractivity contribution is 9.10. The third-order valence-electron chi connectivity index (χ3n) is 3.34. The SMILES string of the molecule is Cc1nn(Cc2c(F)ccc(Br)c2F)c(C)c1C(C)N. The first-order chi connectivity index (χ1) is 9.32. The molecule has 0 aliphatic rings. The lowest BCUT2D eigenvalue weighted by Gasteiger charge is -2.10. The van der Waals surface area contributed by atoms with Crippen molar-refractivity contribution in [1.82, 2.24) is 9.78 Å². The molecule has 1 atom stereocenters. The van der Waals surface area contributed by atoms with Gasteiger partial charge in [0.15, 0.2) is 0 Å². The van der Waals surface area contributed by atoms with Crippen LogP contribution in [0.1, 0.15) is 35.5 Å². The van der Waals surface area contributed by atoms with E-state index in [2.05, 4.69) is 21.0 Å². The van der Waals surface area contributed by atoms with E-state index in [-0.39, 0.29) is 22.6 Å². The van der Waals surface area contributed by atoms with Crippen LogP contribution in [-0.4, -0.2) is 9.78 Å². The lowest BCUT2D eigenvalue weighted by atomic mass is 10.1. The zero-order valence-corrected chi connectivity index (χ0v) is 13.1. The Hall–Kier alpha value is -1.27. The molecule has 1 heterocycles. The van der Waals surface area contributed by atoms with Gasteiger partial charge < -0.3 is 5.73 Å². The highest BCUT2D eigenvalue weighted by Crippen LogP contribution is 2.25. The second-order valence-electron chi connectivity index (χ2n) is 4.85. The first-order valence-corrected chi connectivity index (χ1v) is 7.04. The van der Waals surface area contributed by atoms with Crippen LogP contribution < -0.4 is 5.73 Å². The van der Waals surface area contributed by atoms with E-state index in [0.717, 1.165) is 17.0 Å². The molecule has 0 saturated heterocycles. The Kier molecular flexibility index (Phi) is 4.25. The second kappa shape index (κ2) is 5.61. The molecule has 2 N–H and O–H groups in total. The van der Waals surface area contributed by atoms with Crippen LogP contribution in [-0.2, 0) is 6.54 Å². The number of benzene rings is 1. The molecule has 0 aliphatic heterocycles. The molecule has 1 unspecified atom stereocenters. The van der Waals surface area contributed by atoms with Crippen molar-refractivity contribution in [3.63, 3.8) is 0 Å². The molecule has 0 aliphatic carbocycles. The van der Waals surface area contributed by atoms with Gasteiger partial charge in [-0.15, -0.1) is 0 Å². The number of nitrogens with two attached hydrogens (primary N) is 1. The molecule has 0 fully saturated rings. The van der Waals surface area contributed by atoms with Gasteiger partial charge in [0.05, 0.1) is 16.7 Å². The summed E-state index contributed by atoms with van der Waals surface area (Å²) < 4.78 is 29.6. The predicted molar refractivity (Wildman–Crippen MR) is 77.5 cm³/mol. The molecular formula is C14H16BrF2N3. The van der Waals surface area contributed by atoms with Crippen molar-refractivity contribution >= 4 is 15.9 Å². The highest BCUT2D eigenvalue weighted by atomic mass is 79.9. The second-order valence-corrected chi connectivity index (χ2v) is 5.71. The lowest BCUT2D eigenvalue weighted by molar-refractivity contribution is 0.525. The fraction of sp³-hybridized carbons (Fsp3) is 0.357. The number of nitrogens with zero attached hydrogens (tertiary/aromatic N) is 2. The summed E-state index contributed by atoms with van der Waals surface area (Å²) in [6, 6.07) is 2.42. The Balaban J connectivity index is 2.46. The first-order valence-electron chi connectivity index (χ1n) is 6.24. The number of hydrogen-bond donors (Lipinski definition) is 1. The minimum absolute atomic E-state index is 0.0128. The summed E-state index contributed by atoms with van der Waals surface area (Å²) in [7, 11) is 0. The van der Waals surface area contributed by atoms with E-state index in [4.69, 9.17) is 5.73 Å². The van der Waals surface area contributed by atoms with Gasteiger partial charge in [0, 0.05) is 22.9 Å². The number of aromatic nitrogens is 2. The average molecular weight is 344 g/mol. The summed E-state index contributed by atoms with van der Waals surface area (Å²) in [6.07, 6.45) is 0. The molecule has 6 heteroatoms. The Labute approximate surface area is 124 Å². The minimum Gasteiger partial charge on any atom is -0.324 e. The van der Waals surface area contributed by atoms with Crippen LogP contribution in [0.15, 0.2) is 16.6 Å². The maximum Gasteiger partial charge on any atom is 0.145 e. The van der Waals surface area contributed by atoms with Gasteiger partial charge in [-0.2, -0.15) is 5.10 Å². The number of aryl methyl sites for hydroxylation is 1. The van der Waals surface area contributed by atoms with Gasteiger partial charge >= 0.3 is 0 Å². The molecule has 1 aromatic carbocycles. The van der Waals surface area contributed by atoms with E-state index in [1.807, 2.05) is 20.8 Å². The topological polar surface area (TPSA) is 43.8 Å². The maximum absolute atomic E-state index is 14.0. The lowest BCUT2D eigenvalue weighted by Crippen LogP contribution is -2.10. The average Bonchev–Trinajstić information content (AvgIpc) is 2.64. The summed E-state index contributed by atoms with van der Waals surface area (Å²) in [5.74, 6) is -1.18. The molecule has 0 radical (unpaired) electrons. The van der Waals surface area contributed by atoms with Crippen molar-refractivity contribution in [3.8, 4) is 0 Å². The van der Waals surface area contributed by atoms with Gasteiger partial charge in [-0.3, -0.25) is 4.68 Å². The Morgan fingerprint density at radius 1 is 1.35 bits per heavy atom. The fourth-order valence-corrected chi connectivity index (χ4v) is 2.76. The smallest absolute Gasteiger partial charge is 0.145 e. The van der Waals surface area contributed by atoms with E-state index >= 15 is 0 Å².